The first kappa shape index (κ1) is 17.7. The third kappa shape index (κ3) is 3.93. The van der Waals surface area contributed by atoms with E-state index in [2.05, 4.69) is 42.3 Å². The summed E-state index contributed by atoms with van der Waals surface area (Å²) in [5.74, 6) is 2.22. The van der Waals surface area contributed by atoms with Gasteiger partial charge < -0.3 is 14.8 Å². The van der Waals surface area contributed by atoms with Crippen molar-refractivity contribution in [2.24, 2.45) is 5.92 Å². The van der Waals surface area contributed by atoms with E-state index in [1.54, 1.807) is 7.11 Å². The molecule has 4 heteroatoms. The molecule has 0 aromatic heterocycles. The SMILES string of the molecule is COc1ccc(C(C)C)cc1[C@H](C1CCOCC1)N1CCNCC1. The fraction of sp³-hybridized carbons (Fsp3) is 0.700. The smallest absolute Gasteiger partial charge is 0.123 e. The third-order valence-electron chi connectivity index (χ3n) is 5.50. The van der Waals surface area contributed by atoms with E-state index in [4.69, 9.17) is 9.47 Å². The Morgan fingerprint density at radius 3 is 2.50 bits per heavy atom. The van der Waals surface area contributed by atoms with E-state index in [-0.39, 0.29) is 0 Å². The average molecular weight is 332 g/mol. The van der Waals surface area contributed by atoms with Gasteiger partial charge in [0, 0.05) is 51.0 Å². The maximum absolute atomic E-state index is 5.77. The lowest BCUT2D eigenvalue weighted by atomic mass is 9.84. The van der Waals surface area contributed by atoms with Crippen molar-refractivity contribution < 1.29 is 9.47 Å². The second kappa shape index (κ2) is 8.32. The zero-order chi connectivity index (χ0) is 16.9. The van der Waals surface area contributed by atoms with Crippen LogP contribution >= 0.6 is 0 Å². The van der Waals surface area contributed by atoms with Crippen LogP contribution in [0, 0.1) is 5.92 Å². The third-order valence-corrected chi connectivity index (χ3v) is 5.50. The maximum Gasteiger partial charge on any atom is 0.123 e. The first-order valence-electron chi connectivity index (χ1n) is 9.41. The molecule has 0 bridgehead atoms. The molecule has 1 N–H and O–H groups in total. The van der Waals surface area contributed by atoms with Gasteiger partial charge in [0.1, 0.15) is 5.75 Å². The lowest BCUT2D eigenvalue weighted by molar-refractivity contribution is 0.0206. The zero-order valence-corrected chi connectivity index (χ0v) is 15.4. The van der Waals surface area contributed by atoms with E-state index in [1.807, 2.05) is 0 Å². The summed E-state index contributed by atoms with van der Waals surface area (Å²) in [4.78, 5) is 2.66. The highest BCUT2D eigenvalue weighted by Gasteiger charge is 2.33. The number of rotatable bonds is 5. The molecule has 0 spiro atoms. The largest absolute Gasteiger partial charge is 0.496 e. The number of nitrogens with zero attached hydrogens (tertiary/aromatic N) is 1. The van der Waals surface area contributed by atoms with Crippen molar-refractivity contribution in [1.29, 1.82) is 0 Å². The second-order valence-corrected chi connectivity index (χ2v) is 7.34. The fourth-order valence-electron chi connectivity index (χ4n) is 4.08. The van der Waals surface area contributed by atoms with E-state index < -0.39 is 0 Å². The van der Waals surface area contributed by atoms with E-state index in [1.165, 1.54) is 11.1 Å². The van der Waals surface area contributed by atoms with Crippen LogP contribution in [0.5, 0.6) is 5.75 Å². The predicted octanol–water partition coefficient (Wildman–Crippen LogP) is 3.19. The molecule has 2 aliphatic heterocycles. The molecule has 0 radical (unpaired) electrons. The molecular weight excluding hydrogens is 300 g/mol. The Bertz CT molecular complexity index is 502. The molecule has 2 saturated heterocycles. The average Bonchev–Trinajstić information content (AvgIpc) is 2.63. The summed E-state index contributed by atoms with van der Waals surface area (Å²) in [7, 11) is 1.80. The van der Waals surface area contributed by atoms with Gasteiger partial charge in [-0.15, -0.1) is 0 Å². The van der Waals surface area contributed by atoms with Crippen LogP contribution < -0.4 is 10.1 Å². The van der Waals surface area contributed by atoms with Gasteiger partial charge in [-0.1, -0.05) is 26.0 Å². The van der Waals surface area contributed by atoms with Gasteiger partial charge in [0.15, 0.2) is 0 Å². The van der Waals surface area contributed by atoms with Gasteiger partial charge in [-0.05, 0) is 36.3 Å². The van der Waals surface area contributed by atoms with Crippen molar-refractivity contribution in [1.82, 2.24) is 10.2 Å². The molecule has 1 aromatic carbocycles. The Morgan fingerprint density at radius 2 is 1.88 bits per heavy atom. The standard InChI is InChI=1S/C20H32N2O2/c1-15(2)17-4-5-19(23-3)18(14-17)20(16-6-12-24-13-7-16)22-10-8-21-9-11-22/h4-5,14-16,20-21H,6-13H2,1-3H3/t20-/m0/s1. The fourth-order valence-corrected chi connectivity index (χ4v) is 4.08. The van der Waals surface area contributed by atoms with Crippen LogP contribution in [0.4, 0.5) is 0 Å². The van der Waals surface area contributed by atoms with Crippen LogP contribution in [0.3, 0.4) is 0 Å². The lowest BCUT2D eigenvalue weighted by Crippen LogP contribution is -2.47. The van der Waals surface area contributed by atoms with Gasteiger partial charge in [0.05, 0.1) is 7.11 Å². The minimum atomic E-state index is 0.435. The summed E-state index contributed by atoms with van der Waals surface area (Å²) in [6, 6.07) is 7.21. The summed E-state index contributed by atoms with van der Waals surface area (Å²) >= 11 is 0. The van der Waals surface area contributed by atoms with Crippen LogP contribution in [0.15, 0.2) is 18.2 Å². The predicted molar refractivity (Wildman–Crippen MR) is 97.8 cm³/mol. The number of hydrogen-bond acceptors (Lipinski definition) is 4. The van der Waals surface area contributed by atoms with Gasteiger partial charge >= 0.3 is 0 Å². The molecule has 0 aliphatic carbocycles. The Balaban J connectivity index is 1.98. The summed E-state index contributed by atoms with van der Waals surface area (Å²) in [6.45, 7) is 10.7. The Morgan fingerprint density at radius 1 is 1.17 bits per heavy atom. The zero-order valence-electron chi connectivity index (χ0n) is 15.4. The minimum absolute atomic E-state index is 0.435. The Kier molecular flexibility index (Phi) is 6.14. The van der Waals surface area contributed by atoms with Crippen LogP contribution in [-0.2, 0) is 4.74 Å². The van der Waals surface area contributed by atoms with Crippen LogP contribution in [-0.4, -0.2) is 51.4 Å². The van der Waals surface area contributed by atoms with Crippen molar-refractivity contribution in [3.05, 3.63) is 29.3 Å². The molecule has 0 unspecified atom stereocenters. The first-order chi connectivity index (χ1) is 11.7. The van der Waals surface area contributed by atoms with E-state index in [0.717, 1.165) is 58.0 Å². The number of benzene rings is 1. The second-order valence-electron chi connectivity index (χ2n) is 7.34. The van der Waals surface area contributed by atoms with E-state index in [9.17, 15) is 0 Å². The summed E-state index contributed by atoms with van der Waals surface area (Å²) in [5.41, 5.74) is 2.77. The number of piperazine rings is 1. The monoisotopic (exact) mass is 332 g/mol. The Hall–Kier alpha value is -1.10. The number of hydrogen-bond donors (Lipinski definition) is 1. The highest BCUT2D eigenvalue weighted by atomic mass is 16.5. The quantitative estimate of drug-likeness (QED) is 0.898. The normalized spacial score (nSPS) is 21.8. The number of nitrogens with one attached hydrogen (secondary N) is 1. The maximum atomic E-state index is 5.77. The van der Waals surface area contributed by atoms with Gasteiger partial charge in [0.25, 0.3) is 0 Å². The van der Waals surface area contributed by atoms with Crippen molar-refractivity contribution in [3.63, 3.8) is 0 Å². The summed E-state index contributed by atoms with van der Waals surface area (Å²) < 4.78 is 11.4. The van der Waals surface area contributed by atoms with Crippen LogP contribution in [0.1, 0.15) is 49.8 Å². The van der Waals surface area contributed by atoms with Gasteiger partial charge in [0.2, 0.25) is 0 Å². The van der Waals surface area contributed by atoms with Gasteiger partial charge in [-0.25, -0.2) is 0 Å². The topological polar surface area (TPSA) is 33.7 Å². The molecule has 24 heavy (non-hydrogen) atoms. The van der Waals surface area contributed by atoms with E-state index in [0.29, 0.717) is 17.9 Å². The van der Waals surface area contributed by atoms with Crippen molar-refractivity contribution in [3.8, 4) is 5.75 Å². The lowest BCUT2D eigenvalue weighted by Gasteiger charge is -2.41. The minimum Gasteiger partial charge on any atom is -0.496 e. The number of methoxy groups -OCH3 is 1. The molecule has 3 rings (SSSR count). The van der Waals surface area contributed by atoms with Crippen LogP contribution in [0.25, 0.3) is 0 Å². The summed E-state index contributed by atoms with van der Waals surface area (Å²) in [5, 5.41) is 3.48. The molecule has 1 aromatic rings. The molecule has 0 saturated carbocycles. The highest BCUT2D eigenvalue weighted by Crippen LogP contribution is 2.40. The van der Waals surface area contributed by atoms with Crippen molar-refractivity contribution >= 4 is 0 Å². The molecule has 0 amide bonds. The van der Waals surface area contributed by atoms with Gasteiger partial charge in [-0.3, -0.25) is 4.90 Å². The molecular formula is C20H32N2O2. The number of ether oxygens (including phenoxy) is 2. The van der Waals surface area contributed by atoms with E-state index >= 15 is 0 Å². The molecule has 134 valence electrons. The molecule has 1 atom stereocenters. The van der Waals surface area contributed by atoms with Crippen molar-refractivity contribution in [2.75, 3.05) is 46.5 Å². The molecule has 2 aliphatic rings. The van der Waals surface area contributed by atoms with Crippen molar-refractivity contribution in [2.45, 2.75) is 38.6 Å². The molecule has 2 heterocycles. The Labute approximate surface area is 146 Å². The van der Waals surface area contributed by atoms with Gasteiger partial charge in [-0.2, -0.15) is 0 Å². The van der Waals surface area contributed by atoms with Crippen LogP contribution in [0.2, 0.25) is 0 Å². The summed E-state index contributed by atoms with van der Waals surface area (Å²) in [6.07, 6.45) is 2.29. The molecule has 2 fully saturated rings. The highest BCUT2D eigenvalue weighted by molar-refractivity contribution is 5.41. The first-order valence-corrected chi connectivity index (χ1v) is 9.41. The molecule has 4 nitrogen and oxygen atoms in total.